The molecule has 0 aliphatic carbocycles. The number of anilines is 2. The van der Waals surface area contributed by atoms with E-state index in [0.29, 0.717) is 13.1 Å². The van der Waals surface area contributed by atoms with E-state index in [1.165, 1.54) is 18.5 Å². The molecule has 6 heteroatoms. The number of hydrogen-bond acceptors (Lipinski definition) is 5. The minimum Gasteiger partial charge on any atom is -0.444 e. The highest BCUT2D eigenvalue weighted by atomic mass is 16.6. The van der Waals surface area contributed by atoms with Crippen LogP contribution in [0, 0.1) is 0 Å². The quantitative estimate of drug-likeness (QED) is 0.833. The number of aromatic nitrogens is 1. The fourth-order valence-corrected chi connectivity index (χ4v) is 3.20. The summed E-state index contributed by atoms with van der Waals surface area (Å²) >= 11 is 0. The molecule has 3 rings (SSSR count). The highest BCUT2D eigenvalue weighted by Gasteiger charge is 2.26. The van der Waals surface area contributed by atoms with E-state index in [0.717, 1.165) is 32.0 Å². The number of hydrogen-bond donors (Lipinski definition) is 0. The molecule has 0 N–H and O–H groups in total. The van der Waals surface area contributed by atoms with Crippen LogP contribution in [0.5, 0.6) is 0 Å². The van der Waals surface area contributed by atoms with Crippen molar-refractivity contribution in [2.45, 2.75) is 39.2 Å². The Kier molecular flexibility index (Phi) is 4.83. The topological polar surface area (TPSA) is 48.9 Å². The molecule has 2 saturated heterocycles. The molecular weight excluding hydrogens is 304 g/mol. The normalized spacial score (nSPS) is 18.9. The van der Waals surface area contributed by atoms with Gasteiger partial charge < -0.3 is 19.4 Å². The average Bonchev–Trinajstić information content (AvgIpc) is 3.08. The van der Waals surface area contributed by atoms with Crippen LogP contribution in [0.3, 0.4) is 0 Å². The second-order valence-corrected chi connectivity index (χ2v) is 7.52. The van der Waals surface area contributed by atoms with Crippen LogP contribution < -0.4 is 9.80 Å². The van der Waals surface area contributed by atoms with Crippen molar-refractivity contribution >= 4 is 17.6 Å². The molecule has 24 heavy (non-hydrogen) atoms. The van der Waals surface area contributed by atoms with Gasteiger partial charge in [0.15, 0.2) is 0 Å². The third-order valence-corrected chi connectivity index (χ3v) is 4.46. The maximum atomic E-state index is 12.2. The Bertz CT molecular complexity index is 571. The van der Waals surface area contributed by atoms with E-state index < -0.39 is 5.60 Å². The number of pyridine rings is 1. The van der Waals surface area contributed by atoms with Crippen molar-refractivity contribution in [1.29, 1.82) is 0 Å². The minimum atomic E-state index is -0.441. The molecule has 1 aromatic heterocycles. The predicted molar refractivity (Wildman–Crippen MR) is 95.7 cm³/mol. The molecule has 0 spiro atoms. The predicted octanol–water partition coefficient (Wildman–Crippen LogP) is 2.74. The van der Waals surface area contributed by atoms with Gasteiger partial charge in [-0.1, -0.05) is 0 Å². The molecule has 0 atom stereocenters. The molecular formula is C18H28N4O2. The summed E-state index contributed by atoms with van der Waals surface area (Å²) in [7, 11) is 0. The molecule has 0 aromatic carbocycles. The molecule has 1 amide bonds. The lowest BCUT2D eigenvalue weighted by Gasteiger charge is -2.37. The SMILES string of the molecule is CC(C)(C)OC(=O)N1CCN(c2ccnc(N3CCCC3)c2)CC1. The largest absolute Gasteiger partial charge is 0.444 e. The van der Waals surface area contributed by atoms with Gasteiger partial charge in [-0.3, -0.25) is 0 Å². The Labute approximate surface area is 144 Å². The van der Waals surface area contributed by atoms with Gasteiger partial charge >= 0.3 is 6.09 Å². The number of carbonyl (C=O) groups excluding carboxylic acids is 1. The van der Waals surface area contributed by atoms with Crippen LogP contribution >= 0.6 is 0 Å². The number of ether oxygens (including phenoxy) is 1. The zero-order valence-corrected chi connectivity index (χ0v) is 15.0. The third kappa shape index (κ3) is 4.10. The molecule has 0 unspecified atom stereocenters. The summed E-state index contributed by atoms with van der Waals surface area (Å²) < 4.78 is 5.46. The van der Waals surface area contributed by atoms with Gasteiger partial charge in [0.2, 0.25) is 0 Å². The summed E-state index contributed by atoms with van der Waals surface area (Å²) in [5.41, 5.74) is 0.750. The van der Waals surface area contributed by atoms with Crippen molar-refractivity contribution in [3.8, 4) is 0 Å². The van der Waals surface area contributed by atoms with Crippen LogP contribution in [0.2, 0.25) is 0 Å². The van der Waals surface area contributed by atoms with Crippen molar-refractivity contribution in [1.82, 2.24) is 9.88 Å². The number of nitrogens with zero attached hydrogens (tertiary/aromatic N) is 4. The lowest BCUT2D eigenvalue weighted by Crippen LogP contribution is -2.50. The first-order valence-corrected chi connectivity index (χ1v) is 8.86. The lowest BCUT2D eigenvalue weighted by molar-refractivity contribution is 0.0240. The highest BCUT2D eigenvalue weighted by Crippen LogP contribution is 2.24. The van der Waals surface area contributed by atoms with Gasteiger partial charge in [0, 0.05) is 57.2 Å². The van der Waals surface area contributed by atoms with Crippen molar-refractivity contribution < 1.29 is 9.53 Å². The number of amides is 1. The van der Waals surface area contributed by atoms with E-state index in [9.17, 15) is 4.79 Å². The summed E-state index contributed by atoms with van der Waals surface area (Å²) in [4.78, 5) is 23.1. The van der Waals surface area contributed by atoms with E-state index in [-0.39, 0.29) is 6.09 Å². The van der Waals surface area contributed by atoms with Gasteiger partial charge in [-0.25, -0.2) is 9.78 Å². The van der Waals surface area contributed by atoms with Crippen molar-refractivity contribution in [2.75, 3.05) is 49.1 Å². The van der Waals surface area contributed by atoms with Gasteiger partial charge in [-0.05, 0) is 39.7 Å². The average molecular weight is 332 g/mol. The van der Waals surface area contributed by atoms with Crippen LogP contribution in [-0.4, -0.2) is 60.8 Å². The number of rotatable bonds is 2. The zero-order chi connectivity index (χ0) is 17.2. The van der Waals surface area contributed by atoms with Gasteiger partial charge in [0.05, 0.1) is 0 Å². The molecule has 2 aliphatic rings. The summed E-state index contributed by atoms with van der Waals surface area (Å²) in [6.45, 7) is 10.9. The van der Waals surface area contributed by atoms with Crippen molar-refractivity contribution in [3.63, 3.8) is 0 Å². The van der Waals surface area contributed by atoms with Crippen LogP contribution in [0.25, 0.3) is 0 Å². The molecule has 3 heterocycles. The second kappa shape index (κ2) is 6.87. The first-order valence-electron chi connectivity index (χ1n) is 8.86. The molecule has 2 fully saturated rings. The Morgan fingerprint density at radius 2 is 1.71 bits per heavy atom. The monoisotopic (exact) mass is 332 g/mol. The highest BCUT2D eigenvalue weighted by molar-refractivity contribution is 5.68. The summed E-state index contributed by atoms with van der Waals surface area (Å²) in [6, 6.07) is 4.23. The van der Waals surface area contributed by atoms with Crippen LogP contribution in [0.4, 0.5) is 16.3 Å². The summed E-state index contributed by atoms with van der Waals surface area (Å²) in [5, 5.41) is 0. The number of piperazine rings is 1. The van der Waals surface area contributed by atoms with E-state index in [1.54, 1.807) is 4.90 Å². The molecule has 0 bridgehead atoms. The molecule has 1 aromatic rings. The van der Waals surface area contributed by atoms with Crippen molar-refractivity contribution in [2.24, 2.45) is 0 Å². The van der Waals surface area contributed by atoms with Crippen molar-refractivity contribution in [3.05, 3.63) is 18.3 Å². The smallest absolute Gasteiger partial charge is 0.410 e. The molecule has 0 saturated carbocycles. The molecule has 6 nitrogen and oxygen atoms in total. The maximum Gasteiger partial charge on any atom is 0.410 e. The van der Waals surface area contributed by atoms with Gasteiger partial charge in [0.25, 0.3) is 0 Å². The maximum absolute atomic E-state index is 12.2. The second-order valence-electron chi connectivity index (χ2n) is 7.52. The summed E-state index contributed by atoms with van der Waals surface area (Å²) in [6.07, 6.45) is 4.18. The van der Waals surface area contributed by atoms with Crippen LogP contribution in [0.1, 0.15) is 33.6 Å². The first kappa shape index (κ1) is 16.9. The van der Waals surface area contributed by atoms with Gasteiger partial charge in [-0.15, -0.1) is 0 Å². The van der Waals surface area contributed by atoms with E-state index in [4.69, 9.17) is 4.74 Å². The Hall–Kier alpha value is -1.98. The Morgan fingerprint density at radius 1 is 1.04 bits per heavy atom. The van der Waals surface area contributed by atoms with Gasteiger partial charge in [-0.2, -0.15) is 0 Å². The van der Waals surface area contributed by atoms with E-state index >= 15 is 0 Å². The Balaban J connectivity index is 1.58. The first-order chi connectivity index (χ1) is 11.4. The third-order valence-electron chi connectivity index (χ3n) is 4.46. The summed E-state index contributed by atoms with van der Waals surface area (Å²) in [5.74, 6) is 1.07. The fourth-order valence-electron chi connectivity index (χ4n) is 3.20. The number of carbonyl (C=O) groups is 1. The van der Waals surface area contributed by atoms with E-state index in [2.05, 4.69) is 26.9 Å². The lowest BCUT2D eigenvalue weighted by atomic mass is 10.2. The van der Waals surface area contributed by atoms with Gasteiger partial charge in [0.1, 0.15) is 11.4 Å². The molecule has 132 valence electrons. The standard InChI is InChI=1S/C18H28N4O2/c1-18(2,3)24-17(23)22-12-10-20(11-13-22)15-6-7-19-16(14-15)21-8-4-5-9-21/h6-7,14H,4-5,8-13H2,1-3H3. The van der Waals surface area contributed by atoms with E-state index in [1.807, 2.05) is 27.0 Å². The fraction of sp³-hybridized carbons (Fsp3) is 0.667. The van der Waals surface area contributed by atoms with Crippen LogP contribution in [0.15, 0.2) is 18.3 Å². The Morgan fingerprint density at radius 3 is 2.33 bits per heavy atom. The zero-order valence-electron chi connectivity index (χ0n) is 15.0. The van der Waals surface area contributed by atoms with Crippen LogP contribution in [-0.2, 0) is 4.74 Å². The molecule has 2 aliphatic heterocycles. The molecule has 0 radical (unpaired) electrons. The minimum absolute atomic E-state index is 0.213.